The van der Waals surface area contributed by atoms with E-state index in [1.54, 1.807) is 14.2 Å². The molecule has 0 amide bonds. The van der Waals surface area contributed by atoms with E-state index < -0.39 is 0 Å². The van der Waals surface area contributed by atoms with Gasteiger partial charge >= 0.3 is 0 Å². The molecule has 0 aliphatic carbocycles. The van der Waals surface area contributed by atoms with E-state index in [-0.39, 0.29) is 6.61 Å². The van der Waals surface area contributed by atoms with Gasteiger partial charge in [0.2, 0.25) is 0 Å². The summed E-state index contributed by atoms with van der Waals surface area (Å²) >= 11 is 0. The molecule has 0 aromatic heterocycles. The summed E-state index contributed by atoms with van der Waals surface area (Å²) in [5.41, 5.74) is 2.23. The molecule has 1 heterocycles. The van der Waals surface area contributed by atoms with Crippen LogP contribution < -0.4 is 14.4 Å². The smallest absolute Gasteiger partial charge is 0.134 e. The normalized spacial score (nSPS) is 22.5. The number of rotatable bonds is 5. The molecule has 1 aromatic rings. The Bertz CT molecular complexity index is 434. The van der Waals surface area contributed by atoms with Crippen molar-refractivity contribution in [1.29, 1.82) is 0 Å². The molecule has 1 unspecified atom stereocenters. The molecule has 2 N–H and O–H groups in total. The van der Waals surface area contributed by atoms with Gasteiger partial charge in [0, 0.05) is 24.0 Å². The monoisotopic (exact) mass is 266 g/mol. The molecule has 1 aliphatic rings. The number of aliphatic hydroxyl groups is 1. The van der Waals surface area contributed by atoms with Crippen LogP contribution in [0.4, 0.5) is 0 Å². The van der Waals surface area contributed by atoms with E-state index in [0.717, 1.165) is 36.6 Å². The number of aliphatic hydroxyl groups excluding tert-OH is 1. The van der Waals surface area contributed by atoms with E-state index >= 15 is 0 Å². The third-order valence-corrected chi connectivity index (χ3v) is 4.13. The van der Waals surface area contributed by atoms with Crippen molar-refractivity contribution >= 4 is 0 Å². The number of likely N-dealkylation sites (tertiary alicyclic amines) is 1. The molecule has 1 aliphatic heterocycles. The predicted molar refractivity (Wildman–Crippen MR) is 73.9 cm³/mol. The Morgan fingerprint density at radius 2 is 2.11 bits per heavy atom. The second-order valence-electron chi connectivity index (χ2n) is 5.19. The Kier molecular flexibility index (Phi) is 4.66. The minimum absolute atomic E-state index is 0.271. The number of benzene rings is 1. The number of nitrogens with one attached hydrogen (secondary N) is 1. The van der Waals surface area contributed by atoms with Gasteiger partial charge in [0.25, 0.3) is 0 Å². The lowest BCUT2D eigenvalue weighted by Crippen LogP contribution is -3.12. The average molecular weight is 266 g/mol. The summed E-state index contributed by atoms with van der Waals surface area (Å²) in [7, 11) is 3.38. The van der Waals surface area contributed by atoms with Crippen molar-refractivity contribution < 1.29 is 19.5 Å². The fraction of sp³-hybridized carbons (Fsp3) is 0.600. The molecule has 0 bridgehead atoms. The largest absolute Gasteiger partial charge is 0.496 e. The van der Waals surface area contributed by atoms with Crippen molar-refractivity contribution in [2.24, 2.45) is 0 Å². The van der Waals surface area contributed by atoms with Crippen LogP contribution in [0.5, 0.6) is 11.5 Å². The summed E-state index contributed by atoms with van der Waals surface area (Å²) in [5.74, 6) is 1.77. The topological polar surface area (TPSA) is 43.1 Å². The summed E-state index contributed by atoms with van der Waals surface area (Å²) in [6, 6.07) is 4.44. The number of hydrogen-bond acceptors (Lipinski definition) is 3. The van der Waals surface area contributed by atoms with Gasteiger partial charge in [0.1, 0.15) is 24.1 Å². The first kappa shape index (κ1) is 14.2. The van der Waals surface area contributed by atoms with E-state index in [9.17, 15) is 5.11 Å². The Hall–Kier alpha value is -1.26. The van der Waals surface area contributed by atoms with Crippen molar-refractivity contribution in [2.45, 2.75) is 32.4 Å². The number of quaternary nitrogens is 1. The van der Waals surface area contributed by atoms with Gasteiger partial charge in [-0.25, -0.2) is 0 Å². The standard InChI is InChI=1S/C15H23NO3/c1-11-14(18-2)7-6-12(15(11)19-3)9-16-8-4-5-13(16)10-17/h6-7,13,17H,4-5,8-10H2,1-3H3/p+1/t13-/m1/s1. The fourth-order valence-corrected chi connectivity index (χ4v) is 3.06. The quantitative estimate of drug-likeness (QED) is 0.818. The van der Waals surface area contributed by atoms with Crippen LogP contribution in [0.2, 0.25) is 0 Å². The van der Waals surface area contributed by atoms with Crippen LogP contribution in [0.1, 0.15) is 24.0 Å². The van der Waals surface area contributed by atoms with Crippen molar-refractivity contribution in [2.75, 3.05) is 27.4 Å². The minimum atomic E-state index is 0.271. The van der Waals surface area contributed by atoms with Crippen molar-refractivity contribution in [3.05, 3.63) is 23.3 Å². The molecule has 0 radical (unpaired) electrons. The summed E-state index contributed by atoms with van der Waals surface area (Å²) in [4.78, 5) is 1.45. The lowest BCUT2D eigenvalue weighted by Gasteiger charge is -2.22. The van der Waals surface area contributed by atoms with Crippen LogP contribution in [-0.2, 0) is 6.54 Å². The zero-order chi connectivity index (χ0) is 13.8. The van der Waals surface area contributed by atoms with Crippen LogP contribution in [-0.4, -0.2) is 38.5 Å². The molecular weight excluding hydrogens is 242 g/mol. The third kappa shape index (κ3) is 2.85. The molecule has 1 aromatic carbocycles. The highest BCUT2D eigenvalue weighted by Gasteiger charge is 2.28. The highest BCUT2D eigenvalue weighted by atomic mass is 16.5. The van der Waals surface area contributed by atoms with Gasteiger partial charge < -0.3 is 19.5 Å². The van der Waals surface area contributed by atoms with Crippen LogP contribution in [0.3, 0.4) is 0 Å². The Balaban J connectivity index is 2.22. The molecule has 4 nitrogen and oxygen atoms in total. The van der Waals surface area contributed by atoms with E-state index in [2.05, 4.69) is 6.07 Å². The van der Waals surface area contributed by atoms with E-state index in [1.165, 1.54) is 16.9 Å². The fourth-order valence-electron chi connectivity index (χ4n) is 3.06. The van der Waals surface area contributed by atoms with Crippen molar-refractivity contribution in [3.63, 3.8) is 0 Å². The molecular formula is C15H24NO3+. The Morgan fingerprint density at radius 3 is 2.74 bits per heavy atom. The molecule has 0 spiro atoms. The molecule has 2 rings (SSSR count). The SMILES string of the molecule is COc1ccc(C[NH+]2CCC[C@@H]2CO)c(OC)c1C. The first-order valence-corrected chi connectivity index (χ1v) is 6.87. The highest BCUT2D eigenvalue weighted by Crippen LogP contribution is 2.30. The minimum Gasteiger partial charge on any atom is -0.496 e. The van der Waals surface area contributed by atoms with Crippen LogP contribution in [0.25, 0.3) is 0 Å². The maximum Gasteiger partial charge on any atom is 0.134 e. The summed E-state index contributed by atoms with van der Waals surface area (Å²) in [6.07, 6.45) is 2.31. The molecule has 19 heavy (non-hydrogen) atoms. The van der Waals surface area contributed by atoms with Crippen molar-refractivity contribution in [3.8, 4) is 11.5 Å². The zero-order valence-electron chi connectivity index (χ0n) is 12.0. The second kappa shape index (κ2) is 6.26. The van der Waals surface area contributed by atoms with Crippen LogP contribution in [0, 0.1) is 6.92 Å². The molecule has 106 valence electrons. The molecule has 0 saturated carbocycles. The predicted octanol–water partition coefficient (Wildman–Crippen LogP) is 0.552. The Labute approximate surface area is 114 Å². The van der Waals surface area contributed by atoms with Gasteiger partial charge in [-0.15, -0.1) is 0 Å². The van der Waals surface area contributed by atoms with Gasteiger partial charge in [0.15, 0.2) is 0 Å². The van der Waals surface area contributed by atoms with Crippen LogP contribution in [0.15, 0.2) is 12.1 Å². The molecule has 2 atom stereocenters. The number of ether oxygens (including phenoxy) is 2. The highest BCUT2D eigenvalue weighted by molar-refractivity contribution is 5.49. The maximum atomic E-state index is 9.41. The summed E-state index contributed by atoms with van der Waals surface area (Å²) in [6.45, 7) is 4.31. The first-order chi connectivity index (χ1) is 9.21. The molecule has 1 fully saturated rings. The number of methoxy groups -OCH3 is 2. The lowest BCUT2D eigenvalue weighted by atomic mass is 10.1. The van der Waals surface area contributed by atoms with E-state index in [0.29, 0.717) is 6.04 Å². The lowest BCUT2D eigenvalue weighted by molar-refractivity contribution is -0.926. The van der Waals surface area contributed by atoms with Crippen LogP contribution >= 0.6 is 0 Å². The van der Waals surface area contributed by atoms with Gasteiger partial charge in [0.05, 0.1) is 27.4 Å². The maximum absolute atomic E-state index is 9.41. The average Bonchev–Trinajstić information content (AvgIpc) is 2.86. The van der Waals surface area contributed by atoms with Gasteiger partial charge in [-0.3, -0.25) is 0 Å². The van der Waals surface area contributed by atoms with E-state index in [1.807, 2.05) is 13.0 Å². The summed E-state index contributed by atoms with van der Waals surface area (Å²) < 4.78 is 10.9. The second-order valence-corrected chi connectivity index (χ2v) is 5.19. The van der Waals surface area contributed by atoms with Gasteiger partial charge in [-0.2, -0.15) is 0 Å². The van der Waals surface area contributed by atoms with Crippen molar-refractivity contribution in [1.82, 2.24) is 0 Å². The van der Waals surface area contributed by atoms with Gasteiger partial charge in [-0.1, -0.05) is 0 Å². The molecule has 1 saturated heterocycles. The molecule has 4 heteroatoms. The Morgan fingerprint density at radius 1 is 1.32 bits per heavy atom. The first-order valence-electron chi connectivity index (χ1n) is 6.87. The van der Waals surface area contributed by atoms with Gasteiger partial charge in [-0.05, 0) is 19.1 Å². The third-order valence-electron chi connectivity index (χ3n) is 4.13. The number of hydrogen-bond donors (Lipinski definition) is 2. The summed E-state index contributed by atoms with van der Waals surface area (Å²) in [5, 5.41) is 9.41. The van der Waals surface area contributed by atoms with E-state index in [4.69, 9.17) is 9.47 Å². The zero-order valence-corrected chi connectivity index (χ0v) is 12.0.